The van der Waals surface area contributed by atoms with E-state index in [9.17, 15) is 0 Å². The molecule has 0 spiro atoms. The molecule has 1 unspecified atom stereocenters. The van der Waals surface area contributed by atoms with E-state index >= 15 is 0 Å². The Bertz CT molecular complexity index is 525. The van der Waals surface area contributed by atoms with Gasteiger partial charge in [-0.05, 0) is 23.4 Å². The SMILES string of the molecule is CCCOc1ccc(C(N)CN)c2ccccc12. The Kier molecular flexibility index (Phi) is 4.18. The minimum absolute atomic E-state index is 0.130. The van der Waals surface area contributed by atoms with Gasteiger partial charge in [0.1, 0.15) is 5.75 Å². The monoisotopic (exact) mass is 244 g/mol. The minimum atomic E-state index is -0.130. The summed E-state index contributed by atoms with van der Waals surface area (Å²) in [6, 6.07) is 12.0. The second-order valence-electron chi connectivity index (χ2n) is 4.39. The molecule has 3 heteroatoms. The van der Waals surface area contributed by atoms with Gasteiger partial charge in [-0.1, -0.05) is 37.3 Å². The molecular formula is C15H20N2O. The van der Waals surface area contributed by atoms with Gasteiger partial charge in [-0.3, -0.25) is 0 Å². The van der Waals surface area contributed by atoms with E-state index < -0.39 is 0 Å². The van der Waals surface area contributed by atoms with Crippen LogP contribution in [-0.4, -0.2) is 13.2 Å². The van der Waals surface area contributed by atoms with Crippen LogP contribution >= 0.6 is 0 Å². The van der Waals surface area contributed by atoms with Crippen molar-refractivity contribution >= 4 is 10.8 Å². The van der Waals surface area contributed by atoms with Gasteiger partial charge in [0.2, 0.25) is 0 Å². The van der Waals surface area contributed by atoms with E-state index in [1.807, 2.05) is 24.3 Å². The third kappa shape index (κ3) is 2.47. The number of ether oxygens (including phenoxy) is 1. The molecule has 1 atom stereocenters. The molecular weight excluding hydrogens is 224 g/mol. The first-order chi connectivity index (χ1) is 8.77. The molecule has 0 amide bonds. The average molecular weight is 244 g/mol. The number of fused-ring (bicyclic) bond motifs is 1. The van der Waals surface area contributed by atoms with E-state index in [2.05, 4.69) is 19.1 Å². The molecule has 18 heavy (non-hydrogen) atoms. The number of nitrogens with two attached hydrogens (primary N) is 2. The first-order valence-corrected chi connectivity index (χ1v) is 6.38. The van der Waals surface area contributed by atoms with Crippen molar-refractivity contribution < 1.29 is 4.74 Å². The van der Waals surface area contributed by atoms with Gasteiger partial charge in [-0.25, -0.2) is 0 Å². The molecule has 0 aliphatic heterocycles. The van der Waals surface area contributed by atoms with Crippen LogP contribution in [0.5, 0.6) is 5.75 Å². The van der Waals surface area contributed by atoms with Crippen LogP contribution in [0.1, 0.15) is 24.9 Å². The second kappa shape index (κ2) is 5.85. The highest BCUT2D eigenvalue weighted by Crippen LogP contribution is 2.30. The summed E-state index contributed by atoms with van der Waals surface area (Å²) in [5.41, 5.74) is 12.8. The Balaban J connectivity index is 2.51. The number of rotatable bonds is 5. The van der Waals surface area contributed by atoms with E-state index in [0.29, 0.717) is 6.54 Å². The van der Waals surface area contributed by atoms with Crippen molar-refractivity contribution in [2.75, 3.05) is 13.2 Å². The fourth-order valence-corrected chi connectivity index (χ4v) is 2.08. The zero-order valence-corrected chi connectivity index (χ0v) is 10.7. The Hall–Kier alpha value is -1.58. The molecule has 0 aliphatic carbocycles. The fraction of sp³-hybridized carbons (Fsp3) is 0.333. The molecule has 0 saturated heterocycles. The number of hydrogen-bond acceptors (Lipinski definition) is 3. The minimum Gasteiger partial charge on any atom is -0.493 e. The second-order valence-corrected chi connectivity index (χ2v) is 4.39. The van der Waals surface area contributed by atoms with Crippen LogP contribution in [0.3, 0.4) is 0 Å². The van der Waals surface area contributed by atoms with E-state index in [1.54, 1.807) is 0 Å². The molecule has 3 nitrogen and oxygen atoms in total. The van der Waals surface area contributed by atoms with Gasteiger partial charge in [-0.2, -0.15) is 0 Å². The smallest absolute Gasteiger partial charge is 0.127 e. The topological polar surface area (TPSA) is 61.3 Å². The van der Waals surface area contributed by atoms with Crippen LogP contribution in [0.15, 0.2) is 36.4 Å². The highest BCUT2D eigenvalue weighted by Gasteiger charge is 2.11. The van der Waals surface area contributed by atoms with Crippen LogP contribution in [0.2, 0.25) is 0 Å². The van der Waals surface area contributed by atoms with Crippen LogP contribution in [0.4, 0.5) is 0 Å². The number of hydrogen-bond donors (Lipinski definition) is 2. The van der Waals surface area contributed by atoms with Gasteiger partial charge >= 0.3 is 0 Å². The average Bonchev–Trinajstić information content (AvgIpc) is 2.43. The lowest BCUT2D eigenvalue weighted by Crippen LogP contribution is -2.21. The maximum atomic E-state index is 6.04. The first kappa shape index (κ1) is 12.9. The Labute approximate surface area is 108 Å². The van der Waals surface area contributed by atoms with E-state index in [4.69, 9.17) is 16.2 Å². The van der Waals surface area contributed by atoms with Crippen molar-refractivity contribution in [1.29, 1.82) is 0 Å². The van der Waals surface area contributed by atoms with E-state index in [-0.39, 0.29) is 6.04 Å². The summed E-state index contributed by atoms with van der Waals surface area (Å²) in [7, 11) is 0. The Morgan fingerprint density at radius 3 is 2.50 bits per heavy atom. The third-order valence-electron chi connectivity index (χ3n) is 3.03. The van der Waals surface area contributed by atoms with Crippen molar-refractivity contribution in [3.63, 3.8) is 0 Å². The zero-order valence-electron chi connectivity index (χ0n) is 10.7. The Morgan fingerprint density at radius 1 is 1.11 bits per heavy atom. The van der Waals surface area contributed by atoms with Crippen molar-refractivity contribution in [3.8, 4) is 5.75 Å². The predicted molar refractivity (Wildman–Crippen MR) is 75.7 cm³/mol. The summed E-state index contributed by atoms with van der Waals surface area (Å²) in [5, 5.41) is 2.23. The molecule has 2 aromatic carbocycles. The quantitative estimate of drug-likeness (QED) is 0.849. The van der Waals surface area contributed by atoms with Gasteiger partial charge in [0.25, 0.3) is 0 Å². The van der Waals surface area contributed by atoms with Gasteiger partial charge in [0.05, 0.1) is 6.61 Å². The molecule has 4 N–H and O–H groups in total. The summed E-state index contributed by atoms with van der Waals surface area (Å²) in [4.78, 5) is 0. The standard InChI is InChI=1S/C15H20N2O/c1-2-9-18-15-8-7-12(14(17)10-16)11-5-3-4-6-13(11)15/h3-8,14H,2,9-10,16-17H2,1H3. The van der Waals surface area contributed by atoms with Crippen molar-refractivity contribution in [2.24, 2.45) is 11.5 Å². The lowest BCUT2D eigenvalue weighted by atomic mass is 9.98. The summed E-state index contributed by atoms with van der Waals surface area (Å²) in [5.74, 6) is 0.917. The molecule has 0 fully saturated rings. The van der Waals surface area contributed by atoms with E-state index in [1.165, 1.54) is 0 Å². The molecule has 0 radical (unpaired) electrons. The largest absolute Gasteiger partial charge is 0.493 e. The van der Waals surface area contributed by atoms with Crippen LogP contribution < -0.4 is 16.2 Å². The first-order valence-electron chi connectivity index (χ1n) is 6.38. The van der Waals surface area contributed by atoms with Gasteiger partial charge in [0, 0.05) is 18.0 Å². The zero-order chi connectivity index (χ0) is 13.0. The Morgan fingerprint density at radius 2 is 1.83 bits per heavy atom. The van der Waals surface area contributed by atoms with Gasteiger partial charge in [-0.15, -0.1) is 0 Å². The lowest BCUT2D eigenvalue weighted by molar-refractivity contribution is 0.321. The number of benzene rings is 2. The van der Waals surface area contributed by atoms with Gasteiger partial charge in [0.15, 0.2) is 0 Å². The molecule has 2 aromatic rings. The maximum absolute atomic E-state index is 6.04. The van der Waals surface area contributed by atoms with Crippen LogP contribution in [0, 0.1) is 0 Å². The molecule has 96 valence electrons. The third-order valence-corrected chi connectivity index (χ3v) is 3.03. The van der Waals surface area contributed by atoms with Crippen molar-refractivity contribution in [1.82, 2.24) is 0 Å². The van der Waals surface area contributed by atoms with E-state index in [0.717, 1.165) is 35.1 Å². The fourth-order valence-electron chi connectivity index (χ4n) is 2.08. The van der Waals surface area contributed by atoms with Crippen molar-refractivity contribution in [2.45, 2.75) is 19.4 Å². The molecule has 2 rings (SSSR count). The predicted octanol–water partition coefficient (Wildman–Crippen LogP) is 2.59. The summed E-state index contributed by atoms with van der Waals surface area (Å²) >= 11 is 0. The summed E-state index contributed by atoms with van der Waals surface area (Å²) in [6.45, 7) is 3.27. The highest BCUT2D eigenvalue weighted by atomic mass is 16.5. The molecule has 0 bridgehead atoms. The summed E-state index contributed by atoms with van der Waals surface area (Å²) < 4.78 is 5.76. The van der Waals surface area contributed by atoms with Crippen LogP contribution in [0.25, 0.3) is 10.8 Å². The normalized spacial score (nSPS) is 12.6. The maximum Gasteiger partial charge on any atom is 0.127 e. The molecule has 0 heterocycles. The van der Waals surface area contributed by atoms with Crippen LogP contribution in [-0.2, 0) is 0 Å². The van der Waals surface area contributed by atoms with Crippen molar-refractivity contribution in [3.05, 3.63) is 42.0 Å². The lowest BCUT2D eigenvalue weighted by Gasteiger charge is -2.15. The molecule has 0 aliphatic rings. The molecule has 0 aromatic heterocycles. The molecule has 0 saturated carbocycles. The van der Waals surface area contributed by atoms with Gasteiger partial charge < -0.3 is 16.2 Å². The summed E-state index contributed by atoms with van der Waals surface area (Å²) in [6.07, 6.45) is 0.998. The highest BCUT2D eigenvalue weighted by molar-refractivity contribution is 5.91.